The number of rotatable bonds is 11. The fourth-order valence-electron chi connectivity index (χ4n) is 3.02. The number of fused-ring (bicyclic) bond motifs is 1. The molecule has 0 spiro atoms. The summed E-state index contributed by atoms with van der Waals surface area (Å²) in [5, 5.41) is 10.6. The highest BCUT2D eigenvalue weighted by Gasteiger charge is 2.23. The van der Waals surface area contributed by atoms with E-state index in [4.69, 9.17) is 9.47 Å². The zero-order valence-corrected chi connectivity index (χ0v) is 19.7. The van der Waals surface area contributed by atoms with Crippen molar-refractivity contribution in [3.63, 3.8) is 0 Å². The van der Waals surface area contributed by atoms with Gasteiger partial charge < -0.3 is 24.8 Å². The van der Waals surface area contributed by atoms with Crippen LogP contribution in [-0.4, -0.2) is 46.9 Å². The molecule has 11 heteroatoms. The Morgan fingerprint density at radius 1 is 1.06 bits per heavy atom. The van der Waals surface area contributed by atoms with E-state index in [1.807, 2.05) is 6.92 Å². The van der Waals surface area contributed by atoms with Gasteiger partial charge in [0.05, 0.1) is 17.0 Å². The van der Waals surface area contributed by atoms with E-state index in [2.05, 4.69) is 25.5 Å². The SMILES string of the molecule is CCC(C)C(=O)OCCOc1ccccc1/N=N/C(C(C)=O)C(=O)Nc1ccc2[nH]c(=O)[nH]c2c1. The lowest BCUT2D eigenvalue weighted by molar-refractivity contribution is -0.148. The number of ketones is 1. The number of hydrogen-bond acceptors (Lipinski definition) is 8. The molecule has 2 aromatic carbocycles. The van der Waals surface area contributed by atoms with Gasteiger partial charge in [-0.2, -0.15) is 10.2 Å². The lowest BCUT2D eigenvalue weighted by Crippen LogP contribution is -2.31. The molecule has 0 aliphatic rings. The molecule has 35 heavy (non-hydrogen) atoms. The van der Waals surface area contributed by atoms with Crippen molar-refractivity contribution in [2.45, 2.75) is 33.2 Å². The molecule has 0 bridgehead atoms. The normalized spacial score (nSPS) is 12.9. The molecule has 2 unspecified atom stereocenters. The van der Waals surface area contributed by atoms with Crippen molar-refractivity contribution in [3.05, 3.63) is 52.9 Å². The molecule has 0 saturated heterocycles. The molecule has 3 N–H and O–H groups in total. The molecule has 1 heterocycles. The van der Waals surface area contributed by atoms with Gasteiger partial charge in [-0.1, -0.05) is 26.0 Å². The van der Waals surface area contributed by atoms with Gasteiger partial charge in [0.15, 0.2) is 5.78 Å². The molecule has 0 saturated carbocycles. The van der Waals surface area contributed by atoms with Crippen molar-refractivity contribution in [1.82, 2.24) is 9.97 Å². The number of para-hydroxylation sites is 1. The van der Waals surface area contributed by atoms with Crippen LogP contribution in [0.2, 0.25) is 0 Å². The van der Waals surface area contributed by atoms with Gasteiger partial charge in [0.25, 0.3) is 5.91 Å². The largest absolute Gasteiger partial charge is 0.488 e. The Balaban J connectivity index is 1.65. The Morgan fingerprint density at radius 3 is 2.54 bits per heavy atom. The summed E-state index contributed by atoms with van der Waals surface area (Å²) in [6, 6.07) is 10.1. The van der Waals surface area contributed by atoms with E-state index in [0.29, 0.717) is 34.6 Å². The third kappa shape index (κ3) is 6.85. The Kier molecular flexibility index (Phi) is 8.49. The minimum absolute atomic E-state index is 0.0733. The van der Waals surface area contributed by atoms with Crippen LogP contribution < -0.4 is 15.7 Å². The fourth-order valence-corrected chi connectivity index (χ4v) is 3.02. The molecule has 0 radical (unpaired) electrons. The van der Waals surface area contributed by atoms with Crippen LogP contribution >= 0.6 is 0 Å². The van der Waals surface area contributed by atoms with Crippen molar-refractivity contribution in [3.8, 4) is 5.75 Å². The van der Waals surface area contributed by atoms with Gasteiger partial charge >= 0.3 is 11.7 Å². The van der Waals surface area contributed by atoms with Crippen LogP contribution in [-0.2, 0) is 19.1 Å². The monoisotopic (exact) mass is 481 g/mol. The molecule has 11 nitrogen and oxygen atoms in total. The number of carbonyl (C=O) groups excluding carboxylic acids is 3. The molecule has 3 rings (SSSR count). The second kappa shape index (κ2) is 11.7. The minimum Gasteiger partial charge on any atom is -0.488 e. The lowest BCUT2D eigenvalue weighted by Gasteiger charge is -2.12. The minimum atomic E-state index is -1.39. The van der Waals surface area contributed by atoms with E-state index >= 15 is 0 Å². The Hall–Kier alpha value is -4.28. The second-order valence-electron chi connectivity index (χ2n) is 7.85. The Labute approximate surface area is 200 Å². The first kappa shape index (κ1) is 25.3. The summed E-state index contributed by atoms with van der Waals surface area (Å²) >= 11 is 0. The Morgan fingerprint density at radius 2 is 1.80 bits per heavy atom. The number of carbonyl (C=O) groups is 3. The van der Waals surface area contributed by atoms with Crippen LogP contribution in [0.1, 0.15) is 27.2 Å². The number of imidazole rings is 1. The predicted molar refractivity (Wildman–Crippen MR) is 129 cm³/mol. The number of nitrogens with zero attached hydrogens (tertiary/aromatic N) is 2. The number of esters is 1. The molecule has 3 aromatic rings. The predicted octanol–water partition coefficient (Wildman–Crippen LogP) is 3.50. The van der Waals surface area contributed by atoms with Crippen LogP contribution in [0.4, 0.5) is 11.4 Å². The topological polar surface area (TPSA) is 155 Å². The fraction of sp³-hybridized carbons (Fsp3) is 0.333. The number of amides is 1. The van der Waals surface area contributed by atoms with Gasteiger partial charge in [0.1, 0.15) is 24.7 Å². The van der Waals surface area contributed by atoms with Crippen LogP contribution in [0.3, 0.4) is 0 Å². The van der Waals surface area contributed by atoms with Crippen LogP contribution in [0.5, 0.6) is 5.75 Å². The number of Topliss-reactive ketones (excluding diaryl/α,β-unsaturated/α-hetero) is 1. The number of benzene rings is 2. The lowest BCUT2D eigenvalue weighted by atomic mass is 10.1. The van der Waals surface area contributed by atoms with Crippen molar-refractivity contribution in [2.24, 2.45) is 16.1 Å². The van der Waals surface area contributed by atoms with E-state index in [9.17, 15) is 19.2 Å². The van der Waals surface area contributed by atoms with E-state index in [0.717, 1.165) is 0 Å². The third-order valence-corrected chi connectivity index (χ3v) is 5.16. The maximum Gasteiger partial charge on any atom is 0.323 e. The first-order valence-electron chi connectivity index (χ1n) is 11.1. The van der Waals surface area contributed by atoms with E-state index < -0.39 is 17.7 Å². The first-order valence-corrected chi connectivity index (χ1v) is 11.1. The van der Waals surface area contributed by atoms with Crippen LogP contribution in [0, 0.1) is 5.92 Å². The third-order valence-electron chi connectivity index (χ3n) is 5.16. The van der Waals surface area contributed by atoms with Gasteiger partial charge in [0.2, 0.25) is 6.04 Å². The van der Waals surface area contributed by atoms with E-state index in [1.165, 1.54) is 6.92 Å². The first-order chi connectivity index (χ1) is 16.8. The molecule has 184 valence electrons. The number of aromatic amines is 2. The van der Waals surface area contributed by atoms with Gasteiger partial charge in [-0.15, -0.1) is 0 Å². The molecule has 0 aliphatic heterocycles. The average molecular weight is 482 g/mol. The zero-order chi connectivity index (χ0) is 25.4. The standard InChI is InChI=1S/C24H27N5O6/c1-4-14(2)23(32)35-12-11-34-20-8-6-5-7-18(20)28-29-21(15(3)30)22(31)25-16-9-10-17-19(13-16)27-24(33)26-17/h5-10,13-14,21H,4,11-12H2,1-3H3,(H,25,31)(H2,26,27,33)/b29-28+. The van der Waals surface area contributed by atoms with E-state index in [1.54, 1.807) is 49.4 Å². The summed E-state index contributed by atoms with van der Waals surface area (Å²) in [6.07, 6.45) is 0.689. The van der Waals surface area contributed by atoms with Gasteiger partial charge in [-0.25, -0.2) is 4.79 Å². The van der Waals surface area contributed by atoms with Crippen LogP contribution in [0.25, 0.3) is 11.0 Å². The number of nitrogens with one attached hydrogen (secondary N) is 3. The number of hydrogen-bond donors (Lipinski definition) is 3. The summed E-state index contributed by atoms with van der Waals surface area (Å²) in [6.45, 7) is 5.11. The van der Waals surface area contributed by atoms with Crippen LogP contribution in [0.15, 0.2) is 57.5 Å². The summed E-state index contributed by atoms with van der Waals surface area (Å²) in [7, 11) is 0. The van der Waals surface area contributed by atoms with Crippen molar-refractivity contribution in [2.75, 3.05) is 18.5 Å². The number of anilines is 1. The highest BCUT2D eigenvalue weighted by Crippen LogP contribution is 2.27. The summed E-state index contributed by atoms with van der Waals surface area (Å²) in [5.74, 6) is -1.29. The maximum atomic E-state index is 12.7. The number of H-pyrrole nitrogens is 2. The number of azo groups is 1. The highest BCUT2D eigenvalue weighted by molar-refractivity contribution is 6.10. The molecule has 1 aromatic heterocycles. The molecule has 2 atom stereocenters. The van der Waals surface area contributed by atoms with Gasteiger partial charge in [-0.05, 0) is 43.7 Å². The van der Waals surface area contributed by atoms with Crippen molar-refractivity contribution >= 4 is 40.1 Å². The molecular formula is C24H27N5O6. The molecular weight excluding hydrogens is 454 g/mol. The zero-order valence-electron chi connectivity index (χ0n) is 19.7. The Bertz CT molecular complexity index is 1290. The van der Waals surface area contributed by atoms with Crippen molar-refractivity contribution < 1.29 is 23.9 Å². The van der Waals surface area contributed by atoms with Gasteiger partial charge in [0, 0.05) is 5.69 Å². The number of ether oxygens (including phenoxy) is 2. The molecule has 0 aliphatic carbocycles. The molecule has 0 fully saturated rings. The maximum absolute atomic E-state index is 12.7. The average Bonchev–Trinajstić information content (AvgIpc) is 3.21. The number of aromatic nitrogens is 2. The highest BCUT2D eigenvalue weighted by atomic mass is 16.6. The quantitative estimate of drug-likeness (QED) is 0.165. The van der Waals surface area contributed by atoms with E-state index in [-0.39, 0.29) is 30.8 Å². The summed E-state index contributed by atoms with van der Waals surface area (Å²) in [4.78, 5) is 53.2. The smallest absolute Gasteiger partial charge is 0.323 e. The van der Waals surface area contributed by atoms with Crippen molar-refractivity contribution in [1.29, 1.82) is 0 Å². The summed E-state index contributed by atoms with van der Waals surface area (Å²) in [5.41, 5.74) is 1.42. The van der Waals surface area contributed by atoms with Gasteiger partial charge in [-0.3, -0.25) is 14.4 Å². The summed E-state index contributed by atoms with van der Waals surface area (Å²) < 4.78 is 10.8. The second-order valence-corrected chi connectivity index (χ2v) is 7.85. The molecule has 1 amide bonds.